The van der Waals surface area contributed by atoms with Gasteiger partial charge in [0.1, 0.15) is 73.2 Å². The van der Waals surface area contributed by atoms with Gasteiger partial charge in [0.15, 0.2) is 18.9 Å². The molecule has 19 nitrogen and oxygen atoms in total. The normalized spacial score (nSPS) is 29.9. The second-order valence-corrected chi connectivity index (χ2v) is 23.2. The molecule has 17 atom stereocenters. The fraction of sp³-hybridized carbons (Fsp3) is 0.919. The smallest absolute Gasteiger partial charge is 0.220 e. The van der Waals surface area contributed by atoms with E-state index in [0.29, 0.717) is 12.8 Å². The first-order chi connectivity index (χ1) is 39.3. The van der Waals surface area contributed by atoms with Crippen molar-refractivity contribution in [2.45, 2.75) is 336 Å². The minimum atomic E-state index is -1.98. The maximum Gasteiger partial charge on any atom is 0.220 e. The largest absolute Gasteiger partial charge is 0.394 e. The number of carbonyl (C=O) groups is 1. The van der Waals surface area contributed by atoms with Crippen LogP contribution in [0.5, 0.6) is 0 Å². The van der Waals surface area contributed by atoms with Crippen molar-refractivity contribution in [3.8, 4) is 0 Å². The lowest BCUT2D eigenvalue weighted by atomic mass is 9.96. The van der Waals surface area contributed by atoms with Crippen LogP contribution in [0, 0.1) is 0 Å². The second-order valence-electron chi connectivity index (χ2n) is 23.2. The number of carbonyl (C=O) groups excluding carboxylic acids is 1. The maximum atomic E-state index is 13.3. The Morgan fingerprint density at radius 1 is 0.432 bits per heavy atom. The first-order valence-electron chi connectivity index (χ1n) is 32.1. The predicted molar refractivity (Wildman–Crippen MR) is 310 cm³/mol. The van der Waals surface area contributed by atoms with Crippen LogP contribution in [0.1, 0.15) is 232 Å². The molecule has 19 heteroatoms. The van der Waals surface area contributed by atoms with Crippen LogP contribution in [-0.4, -0.2) is 193 Å². The number of unbranched alkanes of at least 4 members (excludes halogenated alkanes) is 30. The Morgan fingerprint density at radius 3 is 1.23 bits per heavy atom. The number of nitrogens with one attached hydrogen (secondary N) is 1. The molecule has 0 aromatic rings. The van der Waals surface area contributed by atoms with E-state index in [2.05, 4.69) is 31.3 Å². The van der Waals surface area contributed by atoms with Gasteiger partial charge in [0.2, 0.25) is 5.91 Å². The third-order valence-corrected chi connectivity index (χ3v) is 16.3. The van der Waals surface area contributed by atoms with Gasteiger partial charge in [-0.25, -0.2) is 0 Å². The summed E-state index contributed by atoms with van der Waals surface area (Å²) in [5, 5.41) is 120. The molecule has 3 aliphatic heterocycles. The van der Waals surface area contributed by atoms with Crippen molar-refractivity contribution in [1.82, 2.24) is 5.32 Å². The molecule has 81 heavy (non-hydrogen) atoms. The molecule has 17 unspecified atom stereocenters. The molecule has 0 radical (unpaired) electrons. The highest BCUT2D eigenvalue weighted by molar-refractivity contribution is 5.76. The molecule has 0 saturated carbocycles. The highest BCUT2D eigenvalue weighted by Crippen LogP contribution is 2.33. The van der Waals surface area contributed by atoms with Crippen molar-refractivity contribution >= 4 is 5.91 Å². The Morgan fingerprint density at radius 2 is 0.790 bits per heavy atom. The summed E-state index contributed by atoms with van der Waals surface area (Å²) >= 11 is 0. The number of rotatable bonds is 48. The van der Waals surface area contributed by atoms with Gasteiger partial charge in [-0.05, 0) is 32.1 Å². The average molecular weight is 1160 g/mol. The van der Waals surface area contributed by atoms with E-state index in [0.717, 1.165) is 38.5 Å². The average Bonchev–Trinajstić information content (AvgIpc) is 3.46. The lowest BCUT2D eigenvalue weighted by Crippen LogP contribution is -2.66. The Bertz CT molecular complexity index is 1580. The minimum Gasteiger partial charge on any atom is -0.394 e. The molecule has 0 aromatic carbocycles. The fourth-order valence-electron chi connectivity index (χ4n) is 11.0. The SMILES string of the molecule is CCCCCC/C=C/CC/C=C/C(O)C(COC1OC(CO)C(OC2OC(CO)C(OC3OC(CO)C(O)C(O)C3O)C(O)C2O)C(O)C1O)NC(=O)CCCCCCCCCCCCCCCCCCCCCCCCCCCC. The highest BCUT2D eigenvalue weighted by Gasteiger charge is 2.53. The molecule has 3 fully saturated rings. The summed E-state index contributed by atoms with van der Waals surface area (Å²) in [4.78, 5) is 13.3. The molecule has 0 spiro atoms. The number of aliphatic hydroxyl groups is 11. The van der Waals surface area contributed by atoms with Crippen LogP contribution in [0.15, 0.2) is 24.3 Å². The van der Waals surface area contributed by atoms with Gasteiger partial charge in [-0.15, -0.1) is 0 Å². The summed E-state index contributed by atoms with van der Waals surface area (Å²) in [5.41, 5.74) is 0. The number of hydrogen-bond acceptors (Lipinski definition) is 18. The third kappa shape index (κ3) is 29.0. The van der Waals surface area contributed by atoms with Crippen molar-refractivity contribution in [3.63, 3.8) is 0 Å². The number of amides is 1. The van der Waals surface area contributed by atoms with Crippen LogP contribution < -0.4 is 5.32 Å². The lowest BCUT2D eigenvalue weighted by molar-refractivity contribution is -0.379. The van der Waals surface area contributed by atoms with Crippen LogP contribution in [0.25, 0.3) is 0 Å². The number of aliphatic hydroxyl groups excluding tert-OH is 11. The van der Waals surface area contributed by atoms with Crippen LogP contribution in [-0.2, 0) is 33.2 Å². The first-order valence-corrected chi connectivity index (χ1v) is 32.1. The van der Waals surface area contributed by atoms with Crippen LogP contribution in [0.3, 0.4) is 0 Å². The van der Waals surface area contributed by atoms with E-state index >= 15 is 0 Å². The van der Waals surface area contributed by atoms with Crippen LogP contribution in [0.2, 0.25) is 0 Å². The fourth-order valence-corrected chi connectivity index (χ4v) is 11.0. The molecular weight excluding hydrogens is 1050 g/mol. The predicted octanol–water partition coefficient (Wildman–Crippen LogP) is 6.71. The van der Waals surface area contributed by atoms with Crippen molar-refractivity contribution in [2.75, 3.05) is 26.4 Å². The summed E-state index contributed by atoms with van der Waals surface area (Å²) in [6.07, 6.45) is 22.0. The molecule has 0 aromatic heterocycles. The maximum absolute atomic E-state index is 13.3. The van der Waals surface area contributed by atoms with E-state index < -0.39 is 124 Å². The summed E-state index contributed by atoms with van der Waals surface area (Å²) in [7, 11) is 0. The zero-order chi connectivity index (χ0) is 59.0. The summed E-state index contributed by atoms with van der Waals surface area (Å²) in [5.74, 6) is -0.284. The van der Waals surface area contributed by atoms with E-state index in [4.69, 9.17) is 28.4 Å². The Labute approximate surface area is 486 Å². The zero-order valence-corrected chi connectivity index (χ0v) is 49.8. The molecule has 0 aliphatic carbocycles. The molecule has 12 N–H and O–H groups in total. The Hall–Kier alpha value is -1.73. The van der Waals surface area contributed by atoms with Gasteiger partial charge < -0.3 is 89.9 Å². The summed E-state index contributed by atoms with van der Waals surface area (Å²) in [6, 6.07) is -0.984. The minimum absolute atomic E-state index is 0.240. The van der Waals surface area contributed by atoms with Gasteiger partial charge in [-0.1, -0.05) is 218 Å². The standard InChI is InChI=1S/C62H115NO18/c1-3-5-7-9-11-13-15-16-17-18-19-20-21-22-23-24-25-26-27-28-29-30-32-34-36-38-40-50(68)63-45(46(67)39-37-35-33-31-14-12-10-8-6-4-2)44-76-60-56(74)53(71)58(48(42-65)78-60)81-62-57(75)54(72)59(49(43-66)79-62)80-61-55(73)52(70)51(69)47(41-64)77-61/h14,31,37,39,45-49,51-62,64-67,69-75H,3-13,15-30,32-36,38,40-44H2,1-2H3,(H,63,68)/b31-14+,39-37+. The third-order valence-electron chi connectivity index (χ3n) is 16.3. The van der Waals surface area contributed by atoms with E-state index in [1.54, 1.807) is 6.08 Å². The summed E-state index contributed by atoms with van der Waals surface area (Å²) in [6.45, 7) is 1.67. The van der Waals surface area contributed by atoms with Crippen molar-refractivity contribution in [2.24, 2.45) is 0 Å². The van der Waals surface area contributed by atoms with E-state index in [9.17, 15) is 61.0 Å². The molecule has 3 saturated heterocycles. The molecule has 3 rings (SSSR count). The number of hydrogen-bond donors (Lipinski definition) is 12. The molecule has 1 amide bonds. The lowest BCUT2D eigenvalue weighted by Gasteiger charge is -2.48. The van der Waals surface area contributed by atoms with Crippen LogP contribution >= 0.6 is 0 Å². The highest BCUT2D eigenvalue weighted by atomic mass is 16.8. The van der Waals surface area contributed by atoms with Crippen LogP contribution in [0.4, 0.5) is 0 Å². The van der Waals surface area contributed by atoms with Gasteiger partial charge in [0.25, 0.3) is 0 Å². The first kappa shape index (κ1) is 73.5. The quantitative estimate of drug-likeness (QED) is 0.0222. The molecular formula is C62H115NO18. The van der Waals surface area contributed by atoms with E-state index in [1.165, 1.54) is 161 Å². The zero-order valence-electron chi connectivity index (χ0n) is 49.8. The van der Waals surface area contributed by atoms with E-state index in [-0.39, 0.29) is 18.9 Å². The van der Waals surface area contributed by atoms with Gasteiger partial charge in [0.05, 0.1) is 38.6 Å². The molecule has 0 bridgehead atoms. The molecule has 476 valence electrons. The summed E-state index contributed by atoms with van der Waals surface area (Å²) < 4.78 is 34.2. The second kappa shape index (κ2) is 45.6. The Balaban J connectivity index is 1.40. The van der Waals surface area contributed by atoms with Gasteiger partial charge in [0, 0.05) is 6.42 Å². The molecule has 3 aliphatic rings. The van der Waals surface area contributed by atoms with Crippen molar-refractivity contribution < 1.29 is 89.4 Å². The van der Waals surface area contributed by atoms with Crippen molar-refractivity contribution in [3.05, 3.63) is 24.3 Å². The van der Waals surface area contributed by atoms with Gasteiger partial charge in [-0.3, -0.25) is 4.79 Å². The van der Waals surface area contributed by atoms with Gasteiger partial charge in [-0.2, -0.15) is 0 Å². The Kier molecular flexibility index (Phi) is 41.4. The van der Waals surface area contributed by atoms with E-state index in [1.807, 2.05) is 6.08 Å². The number of allylic oxidation sites excluding steroid dienone is 3. The number of ether oxygens (including phenoxy) is 6. The topological polar surface area (TPSA) is 307 Å². The molecule has 3 heterocycles. The monoisotopic (exact) mass is 1160 g/mol. The van der Waals surface area contributed by atoms with Gasteiger partial charge >= 0.3 is 0 Å². The van der Waals surface area contributed by atoms with Crippen molar-refractivity contribution in [1.29, 1.82) is 0 Å².